The SMILES string of the molecule is Cc1ccc(S(=O)(=O)NCc2cccn2-c2ccccc2)cc1. The van der Waals surface area contributed by atoms with E-state index in [1.165, 1.54) is 0 Å². The van der Waals surface area contributed by atoms with Crippen molar-refractivity contribution in [2.45, 2.75) is 18.4 Å². The molecule has 0 saturated carbocycles. The standard InChI is InChI=1S/C18H18N2O2S/c1-15-9-11-18(12-10-15)23(21,22)19-14-17-8-5-13-20(17)16-6-3-2-4-7-16/h2-13,19H,14H2,1H3. The van der Waals surface area contributed by atoms with Crippen LogP contribution in [0, 0.1) is 6.92 Å². The molecule has 0 spiro atoms. The first kappa shape index (κ1) is 15.5. The summed E-state index contributed by atoms with van der Waals surface area (Å²) in [5.74, 6) is 0. The van der Waals surface area contributed by atoms with Crippen molar-refractivity contribution in [3.8, 4) is 5.69 Å². The van der Waals surface area contributed by atoms with Gasteiger partial charge in [0, 0.05) is 17.6 Å². The highest BCUT2D eigenvalue weighted by molar-refractivity contribution is 7.89. The largest absolute Gasteiger partial charge is 0.320 e. The molecule has 0 fully saturated rings. The Labute approximate surface area is 136 Å². The quantitative estimate of drug-likeness (QED) is 0.782. The Bertz CT molecular complexity index is 882. The van der Waals surface area contributed by atoms with Crippen LogP contribution in [0.15, 0.2) is 77.8 Å². The summed E-state index contributed by atoms with van der Waals surface area (Å²) < 4.78 is 29.4. The van der Waals surface area contributed by atoms with E-state index >= 15 is 0 Å². The lowest BCUT2D eigenvalue weighted by molar-refractivity contribution is 0.580. The summed E-state index contributed by atoms with van der Waals surface area (Å²) in [6.45, 7) is 2.16. The summed E-state index contributed by atoms with van der Waals surface area (Å²) in [5, 5.41) is 0. The second-order valence-electron chi connectivity index (χ2n) is 5.34. The van der Waals surface area contributed by atoms with Crippen molar-refractivity contribution in [2.75, 3.05) is 0 Å². The number of benzene rings is 2. The van der Waals surface area contributed by atoms with Crippen LogP contribution in [0.1, 0.15) is 11.3 Å². The smallest absolute Gasteiger partial charge is 0.240 e. The van der Waals surface area contributed by atoms with Gasteiger partial charge in [0.25, 0.3) is 0 Å². The molecule has 0 amide bonds. The van der Waals surface area contributed by atoms with Crippen molar-refractivity contribution in [1.82, 2.24) is 9.29 Å². The second-order valence-corrected chi connectivity index (χ2v) is 7.11. The van der Waals surface area contributed by atoms with Gasteiger partial charge in [-0.2, -0.15) is 0 Å². The van der Waals surface area contributed by atoms with Gasteiger partial charge in [-0.15, -0.1) is 0 Å². The Morgan fingerprint density at radius 1 is 0.913 bits per heavy atom. The Morgan fingerprint density at radius 3 is 2.30 bits per heavy atom. The number of aromatic nitrogens is 1. The monoisotopic (exact) mass is 326 g/mol. The van der Waals surface area contributed by atoms with E-state index in [-0.39, 0.29) is 11.4 Å². The van der Waals surface area contributed by atoms with Gasteiger partial charge in [-0.05, 0) is 43.3 Å². The average Bonchev–Trinajstić information content (AvgIpc) is 3.03. The first-order chi connectivity index (χ1) is 11.1. The minimum absolute atomic E-state index is 0.234. The fraction of sp³-hybridized carbons (Fsp3) is 0.111. The van der Waals surface area contributed by atoms with Crippen LogP contribution in [0.2, 0.25) is 0 Å². The predicted molar refractivity (Wildman–Crippen MR) is 91.0 cm³/mol. The minimum Gasteiger partial charge on any atom is -0.320 e. The van der Waals surface area contributed by atoms with Crippen LogP contribution < -0.4 is 4.72 Å². The molecule has 0 atom stereocenters. The van der Waals surface area contributed by atoms with Gasteiger partial charge in [0.05, 0.1) is 11.4 Å². The molecule has 3 rings (SSSR count). The lowest BCUT2D eigenvalue weighted by Gasteiger charge is -2.11. The van der Waals surface area contributed by atoms with Gasteiger partial charge >= 0.3 is 0 Å². The molecule has 1 aromatic heterocycles. The van der Waals surface area contributed by atoms with E-state index in [1.54, 1.807) is 24.3 Å². The van der Waals surface area contributed by atoms with Gasteiger partial charge in [0.15, 0.2) is 0 Å². The van der Waals surface area contributed by atoms with Crippen LogP contribution >= 0.6 is 0 Å². The molecule has 0 unspecified atom stereocenters. The molecule has 3 aromatic rings. The average molecular weight is 326 g/mol. The third-order valence-corrected chi connectivity index (χ3v) is 5.06. The van der Waals surface area contributed by atoms with Crippen LogP contribution in [0.3, 0.4) is 0 Å². The van der Waals surface area contributed by atoms with Crippen molar-refractivity contribution in [2.24, 2.45) is 0 Å². The molecular weight excluding hydrogens is 308 g/mol. The van der Waals surface area contributed by atoms with E-state index in [0.29, 0.717) is 0 Å². The van der Waals surface area contributed by atoms with Crippen LogP contribution in [0.25, 0.3) is 5.69 Å². The number of nitrogens with one attached hydrogen (secondary N) is 1. The minimum atomic E-state index is -3.52. The molecule has 0 aliphatic carbocycles. The zero-order valence-corrected chi connectivity index (χ0v) is 13.6. The zero-order valence-electron chi connectivity index (χ0n) is 12.8. The molecule has 0 aliphatic heterocycles. The number of nitrogens with zero attached hydrogens (tertiary/aromatic N) is 1. The van der Waals surface area contributed by atoms with E-state index in [2.05, 4.69) is 4.72 Å². The third-order valence-electron chi connectivity index (χ3n) is 3.64. The Hall–Kier alpha value is -2.37. The molecule has 0 radical (unpaired) electrons. The first-order valence-corrected chi connectivity index (χ1v) is 8.82. The summed E-state index contributed by atoms with van der Waals surface area (Å²) in [7, 11) is -3.52. The number of rotatable bonds is 5. The number of sulfonamides is 1. The lowest BCUT2D eigenvalue weighted by Crippen LogP contribution is -2.24. The molecule has 4 nitrogen and oxygen atoms in total. The maximum absolute atomic E-state index is 12.4. The Balaban J connectivity index is 1.79. The topological polar surface area (TPSA) is 51.1 Å². The highest BCUT2D eigenvalue weighted by Crippen LogP contribution is 2.14. The fourth-order valence-corrected chi connectivity index (χ4v) is 3.37. The van der Waals surface area contributed by atoms with Gasteiger partial charge < -0.3 is 4.57 Å². The molecule has 2 aromatic carbocycles. The number of hydrogen-bond acceptors (Lipinski definition) is 2. The number of aryl methyl sites for hydroxylation is 1. The van der Waals surface area contributed by atoms with E-state index in [1.807, 2.05) is 60.2 Å². The van der Waals surface area contributed by atoms with E-state index < -0.39 is 10.0 Å². The molecule has 1 heterocycles. The van der Waals surface area contributed by atoms with Gasteiger partial charge in [-0.1, -0.05) is 35.9 Å². The van der Waals surface area contributed by atoms with Crippen molar-refractivity contribution < 1.29 is 8.42 Å². The van der Waals surface area contributed by atoms with Crippen LogP contribution in [0.5, 0.6) is 0 Å². The van der Waals surface area contributed by atoms with Crippen molar-refractivity contribution in [1.29, 1.82) is 0 Å². The molecular formula is C18H18N2O2S. The van der Waals surface area contributed by atoms with Crippen LogP contribution in [0.4, 0.5) is 0 Å². The normalized spacial score (nSPS) is 11.5. The summed E-state index contributed by atoms with van der Waals surface area (Å²) in [5.41, 5.74) is 2.91. The molecule has 23 heavy (non-hydrogen) atoms. The highest BCUT2D eigenvalue weighted by atomic mass is 32.2. The zero-order chi connectivity index (χ0) is 16.3. The second kappa shape index (κ2) is 6.40. The van der Waals surface area contributed by atoms with E-state index in [4.69, 9.17) is 0 Å². The lowest BCUT2D eigenvalue weighted by atomic mass is 10.2. The van der Waals surface area contributed by atoms with E-state index in [0.717, 1.165) is 16.9 Å². The molecule has 0 aliphatic rings. The molecule has 0 bridgehead atoms. The summed E-state index contributed by atoms with van der Waals surface area (Å²) in [4.78, 5) is 0.279. The fourth-order valence-electron chi connectivity index (χ4n) is 2.37. The van der Waals surface area contributed by atoms with Gasteiger partial charge in [0.2, 0.25) is 10.0 Å². The highest BCUT2D eigenvalue weighted by Gasteiger charge is 2.14. The molecule has 5 heteroatoms. The van der Waals surface area contributed by atoms with Gasteiger partial charge in [-0.25, -0.2) is 13.1 Å². The van der Waals surface area contributed by atoms with Crippen LogP contribution in [-0.2, 0) is 16.6 Å². The van der Waals surface area contributed by atoms with Crippen molar-refractivity contribution in [3.63, 3.8) is 0 Å². The molecule has 0 saturated heterocycles. The molecule has 118 valence electrons. The summed E-state index contributed by atoms with van der Waals surface area (Å²) in [6, 6.07) is 20.5. The number of para-hydroxylation sites is 1. The van der Waals surface area contributed by atoms with Crippen molar-refractivity contribution >= 4 is 10.0 Å². The maximum Gasteiger partial charge on any atom is 0.240 e. The maximum atomic E-state index is 12.4. The van der Waals surface area contributed by atoms with Gasteiger partial charge in [0.1, 0.15) is 0 Å². The number of hydrogen-bond donors (Lipinski definition) is 1. The molecule has 1 N–H and O–H groups in total. The Kier molecular flexibility index (Phi) is 4.32. The van der Waals surface area contributed by atoms with Crippen molar-refractivity contribution in [3.05, 3.63) is 84.2 Å². The predicted octanol–water partition coefficient (Wildman–Crippen LogP) is 3.26. The summed E-state index contributed by atoms with van der Waals surface area (Å²) >= 11 is 0. The van der Waals surface area contributed by atoms with Crippen LogP contribution in [-0.4, -0.2) is 13.0 Å². The summed E-state index contributed by atoms with van der Waals surface area (Å²) in [6.07, 6.45) is 1.92. The van der Waals surface area contributed by atoms with Gasteiger partial charge in [-0.3, -0.25) is 0 Å². The Morgan fingerprint density at radius 2 is 1.61 bits per heavy atom. The third kappa shape index (κ3) is 3.52. The first-order valence-electron chi connectivity index (χ1n) is 7.34. The van der Waals surface area contributed by atoms with E-state index in [9.17, 15) is 8.42 Å².